The Morgan fingerprint density at radius 2 is 2.11 bits per heavy atom. The van der Waals surface area contributed by atoms with Gasteiger partial charge in [0, 0.05) is 25.1 Å². The molecule has 0 bridgehead atoms. The predicted molar refractivity (Wildman–Crippen MR) is 65.3 cm³/mol. The molecule has 0 saturated heterocycles. The zero-order chi connectivity index (χ0) is 13.7. The first-order valence-corrected chi connectivity index (χ1v) is 5.34. The van der Waals surface area contributed by atoms with Crippen LogP contribution in [0.4, 0.5) is 5.82 Å². The summed E-state index contributed by atoms with van der Waals surface area (Å²) in [6.45, 7) is 0.375. The van der Waals surface area contributed by atoms with Gasteiger partial charge in [0.15, 0.2) is 11.5 Å². The second-order valence-electron chi connectivity index (χ2n) is 3.58. The molecule has 0 saturated carbocycles. The van der Waals surface area contributed by atoms with Crippen LogP contribution in [0, 0.1) is 11.3 Å². The van der Waals surface area contributed by atoms with Gasteiger partial charge in [-0.15, -0.1) is 0 Å². The van der Waals surface area contributed by atoms with Crippen molar-refractivity contribution in [3.05, 3.63) is 47.7 Å². The van der Waals surface area contributed by atoms with Crippen molar-refractivity contribution in [2.75, 3.05) is 5.32 Å². The van der Waals surface area contributed by atoms with Crippen molar-refractivity contribution in [2.45, 2.75) is 6.54 Å². The van der Waals surface area contributed by atoms with Gasteiger partial charge >= 0.3 is 5.97 Å². The molecule has 2 heterocycles. The molecular weight excluding hydrogens is 246 g/mol. The Kier molecular flexibility index (Phi) is 3.64. The zero-order valence-corrected chi connectivity index (χ0v) is 9.74. The highest BCUT2D eigenvalue weighted by Gasteiger charge is 2.05. The molecule has 0 radical (unpaired) electrons. The van der Waals surface area contributed by atoms with E-state index in [4.69, 9.17) is 10.4 Å². The van der Waals surface area contributed by atoms with E-state index in [1.165, 1.54) is 24.7 Å². The van der Waals surface area contributed by atoms with Crippen LogP contribution in [0.3, 0.4) is 0 Å². The number of rotatable bonds is 4. The molecular formula is C12H9N5O2. The van der Waals surface area contributed by atoms with Crippen molar-refractivity contribution < 1.29 is 9.90 Å². The minimum Gasteiger partial charge on any atom is -0.477 e. The van der Waals surface area contributed by atoms with Crippen LogP contribution < -0.4 is 5.32 Å². The SMILES string of the molecule is N#Cc1nccnc1NCc1ccc(C(=O)O)nc1. The number of nitrogens with zero attached hydrogens (tertiary/aromatic N) is 4. The molecule has 2 rings (SSSR count). The van der Waals surface area contributed by atoms with Crippen molar-refractivity contribution in [1.29, 1.82) is 5.26 Å². The van der Waals surface area contributed by atoms with Gasteiger partial charge in [0.05, 0.1) is 0 Å². The fourth-order valence-electron chi connectivity index (χ4n) is 1.39. The van der Waals surface area contributed by atoms with Crippen molar-refractivity contribution in [1.82, 2.24) is 15.0 Å². The normalized spacial score (nSPS) is 9.63. The third-order valence-corrected chi connectivity index (χ3v) is 2.31. The topological polar surface area (TPSA) is 112 Å². The van der Waals surface area contributed by atoms with Crippen LogP contribution in [-0.4, -0.2) is 26.0 Å². The summed E-state index contributed by atoms with van der Waals surface area (Å²) < 4.78 is 0. The van der Waals surface area contributed by atoms with Gasteiger partial charge in [-0.2, -0.15) is 5.26 Å². The first-order chi connectivity index (χ1) is 9.20. The van der Waals surface area contributed by atoms with E-state index in [9.17, 15) is 4.79 Å². The van der Waals surface area contributed by atoms with E-state index in [0.717, 1.165) is 5.56 Å². The Hall–Kier alpha value is -3.01. The molecule has 7 nitrogen and oxygen atoms in total. The maximum absolute atomic E-state index is 10.6. The van der Waals surface area contributed by atoms with Crippen molar-refractivity contribution in [2.24, 2.45) is 0 Å². The second kappa shape index (κ2) is 5.55. The first kappa shape index (κ1) is 12.4. The highest BCUT2D eigenvalue weighted by molar-refractivity contribution is 5.85. The van der Waals surface area contributed by atoms with Gasteiger partial charge in [0.1, 0.15) is 11.8 Å². The lowest BCUT2D eigenvalue weighted by atomic mass is 10.2. The van der Waals surface area contributed by atoms with E-state index < -0.39 is 5.97 Å². The number of nitriles is 1. The van der Waals surface area contributed by atoms with Crippen LogP contribution >= 0.6 is 0 Å². The van der Waals surface area contributed by atoms with Gasteiger partial charge in [-0.05, 0) is 11.6 Å². The number of anilines is 1. The maximum Gasteiger partial charge on any atom is 0.354 e. The Labute approximate surface area is 108 Å². The first-order valence-electron chi connectivity index (χ1n) is 5.34. The van der Waals surface area contributed by atoms with Gasteiger partial charge < -0.3 is 10.4 Å². The molecule has 2 aromatic rings. The Balaban J connectivity index is 2.06. The largest absolute Gasteiger partial charge is 0.477 e. The van der Waals surface area contributed by atoms with Crippen molar-refractivity contribution >= 4 is 11.8 Å². The van der Waals surface area contributed by atoms with Gasteiger partial charge in [-0.3, -0.25) is 0 Å². The van der Waals surface area contributed by atoms with Crippen LogP contribution in [0.5, 0.6) is 0 Å². The predicted octanol–water partition coefficient (Wildman–Crippen LogP) is 1.05. The minimum atomic E-state index is -1.07. The summed E-state index contributed by atoms with van der Waals surface area (Å²) >= 11 is 0. The van der Waals surface area contributed by atoms with Crippen LogP contribution in [-0.2, 0) is 6.54 Å². The second-order valence-corrected chi connectivity index (χ2v) is 3.58. The Bertz CT molecular complexity index is 633. The van der Waals surface area contributed by atoms with Crippen LogP contribution in [0.1, 0.15) is 21.7 Å². The van der Waals surface area contributed by atoms with Gasteiger partial charge in [-0.1, -0.05) is 6.07 Å². The van der Waals surface area contributed by atoms with E-state index in [1.54, 1.807) is 6.07 Å². The molecule has 0 atom stereocenters. The maximum atomic E-state index is 10.6. The molecule has 0 amide bonds. The average molecular weight is 255 g/mol. The Morgan fingerprint density at radius 3 is 2.74 bits per heavy atom. The summed E-state index contributed by atoms with van der Waals surface area (Å²) in [7, 11) is 0. The van der Waals surface area contributed by atoms with E-state index in [1.807, 2.05) is 6.07 Å². The quantitative estimate of drug-likeness (QED) is 0.839. The molecule has 0 aliphatic heterocycles. The summed E-state index contributed by atoms with van der Waals surface area (Å²) in [6.07, 6.45) is 4.38. The number of carboxylic acids is 1. The molecule has 7 heteroatoms. The molecule has 19 heavy (non-hydrogen) atoms. The molecule has 2 aromatic heterocycles. The number of hydrogen-bond donors (Lipinski definition) is 2. The molecule has 0 spiro atoms. The minimum absolute atomic E-state index is 0.0130. The fraction of sp³-hybridized carbons (Fsp3) is 0.0833. The van der Waals surface area contributed by atoms with E-state index in [2.05, 4.69) is 20.3 Å². The molecule has 2 N–H and O–H groups in total. The number of aromatic nitrogens is 3. The van der Waals surface area contributed by atoms with Crippen molar-refractivity contribution in [3.8, 4) is 6.07 Å². The molecule has 0 unspecified atom stereocenters. The zero-order valence-electron chi connectivity index (χ0n) is 9.74. The highest BCUT2D eigenvalue weighted by atomic mass is 16.4. The third-order valence-electron chi connectivity index (χ3n) is 2.31. The molecule has 94 valence electrons. The van der Waals surface area contributed by atoms with E-state index in [-0.39, 0.29) is 11.4 Å². The van der Waals surface area contributed by atoms with Gasteiger partial charge in [0.25, 0.3) is 0 Å². The van der Waals surface area contributed by atoms with Crippen LogP contribution in [0.15, 0.2) is 30.7 Å². The third kappa shape index (κ3) is 3.01. The van der Waals surface area contributed by atoms with Gasteiger partial charge in [0.2, 0.25) is 0 Å². The number of aromatic carboxylic acids is 1. The number of nitrogens with one attached hydrogen (secondary N) is 1. The van der Waals surface area contributed by atoms with Gasteiger partial charge in [-0.25, -0.2) is 19.7 Å². The average Bonchev–Trinajstić information content (AvgIpc) is 2.45. The number of hydrogen-bond acceptors (Lipinski definition) is 6. The monoisotopic (exact) mass is 255 g/mol. The molecule has 0 fully saturated rings. The summed E-state index contributed by atoms with van der Waals surface area (Å²) in [5.41, 5.74) is 0.970. The summed E-state index contributed by atoms with van der Waals surface area (Å²) in [5, 5.41) is 20.5. The number of carboxylic acid groups (broad SMARTS) is 1. The van der Waals surface area contributed by atoms with E-state index in [0.29, 0.717) is 12.4 Å². The number of carbonyl (C=O) groups is 1. The smallest absolute Gasteiger partial charge is 0.354 e. The molecule has 0 aromatic carbocycles. The lowest BCUT2D eigenvalue weighted by Gasteiger charge is -2.06. The standard InChI is InChI=1S/C12H9N5O2/c13-5-10-11(15-4-3-14-10)17-7-8-1-2-9(12(18)19)16-6-8/h1-4,6H,7H2,(H,15,17)(H,18,19). The van der Waals surface area contributed by atoms with Crippen molar-refractivity contribution in [3.63, 3.8) is 0 Å². The summed E-state index contributed by atoms with van der Waals surface area (Å²) in [4.78, 5) is 22.3. The van der Waals surface area contributed by atoms with E-state index >= 15 is 0 Å². The Morgan fingerprint density at radius 1 is 1.32 bits per heavy atom. The van der Waals surface area contributed by atoms with Crippen LogP contribution in [0.2, 0.25) is 0 Å². The summed E-state index contributed by atoms with van der Waals surface area (Å²) in [6, 6.07) is 4.99. The molecule has 0 aliphatic rings. The molecule has 0 aliphatic carbocycles. The fourth-order valence-corrected chi connectivity index (χ4v) is 1.39. The lowest BCUT2D eigenvalue weighted by molar-refractivity contribution is 0.0690. The highest BCUT2D eigenvalue weighted by Crippen LogP contribution is 2.09. The number of pyridine rings is 1. The summed E-state index contributed by atoms with van der Waals surface area (Å²) in [5.74, 6) is -0.687. The lowest BCUT2D eigenvalue weighted by Crippen LogP contribution is -2.06. The van der Waals surface area contributed by atoms with Crippen LogP contribution in [0.25, 0.3) is 0 Å².